The lowest BCUT2D eigenvalue weighted by Gasteiger charge is -2.21. The Hall–Kier alpha value is -0.440. The Bertz CT molecular complexity index is 427. The van der Waals surface area contributed by atoms with Crippen molar-refractivity contribution in [3.05, 3.63) is 12.7 Å². The third-order valence-corrected chi connectivity index (χ3v) is 5.51. The summed E-state index contributed by atoms with van der Waals surface area (Å²) in [5.41, 5.74) is 0. The average Bonchev–Trinajstić information content (AvgIpc) is 3.24. The highest BCUT2D eigenvalue weighted by Crippen LogP contribution is 2.27. The van der Waals surface area contributed by atoms with Gasteiger partial charge in [0.1, 0.15) is 0 Å². The van der Waals surface area contributed by atoms with Crippen LogP contribution < -0.4 is 10.6 Å². The van der Waals surface area contributed by atoms with Gasteiger partial charge in [0.2, 0.25) is 5.91 Å². The smallest absolute Gasteiger partial charge is 0.225 e. The first-order valence-electron chi connectivity index (χ1n) is 8.69. The van der Waals surface area contributed by atoms with Gasteiger partial charge in [0.05, 0.1) is 0 Å². The van der Waals surface area contributed by atoms with Crippen molar-refractivity contribution in [2.75, 3.05) is 38.2 Å². The molecule has 1 aliphatic carbocycles. The maximum Gasteiger partial charge on any atom is 0.225 e. The molecule has 0 aromatic heterocycles. The number of nitrogens with one attached hydrogen (secondary N) is 2. The summed E-state index contributed by atoms with van der Waals surface area (Å²) < 4.78 is 0. The van der Waals surface area contributed by atoms with Crippen molar-refractivity contribution in [3.63, 3.8) is 0 Å². The van der Waals surface area contributed by atoms with Crippen molar-refractivity contribution in [2.45, 2.75) is 38.1 Å². The zero-order valence-corrected chi connectivity index (χ0v) is 17.8. The Morgan fingerprint density at radius 3 is 2.79 bits per heavy atom. The molecule has 1 atom stereocenters. The molecule has 1 saturated heterocycles. The summed E-state index contributed by atoms with van der Waals surface area (Å²) in [5, 5.41) is 6.78. The van der Waals surface area contributed by atoms with Gasteiger partial charge < -0.3 is 15.5 Å². The molecular formula is C17H31IN4OS. The zero-order valence-electron chi connectivity index (χ0n) is 14.6. The fraction of sp³-hybridized carbons (Fsp3) is 0.765. The maximum atomic E-state index is 12.5. The summed E-state index contributed by atoms with van der Waals surface area (Å²) in [5.74, 6) is 3.51. The van der Waals surface area contributed by atoms with Crippen molar-refractivity contribution < 1.29 is 4.79 Å². The third-order valence-electron chi connectivity index (χ3n) is 4.54. The van der Waals surface area contributed by atoms with Crippen LogP contribution in [-0.2, 0) is 4.79 Å². The Morgan fingerprint density at radius 1 is 1.38 bits per heavy atom. The molecule has 1 unspecified atom stereocenters. The Labute approximate surface area is 167 Å². The molecule has 0 aromatic carbocycles. The molecule has 0 aromatic rings. The number of likely N-dealkylation sites (tertiary alicyclic amines) is 1. The van der Waals surface area contributed by atoms with E-state index < -0.39 is 0 Å². The largest absolute Gasteiger partial charge is 0.356 e. The number of guanidine groups is 1. The second-order valence-corrected chi connectivity index (χ2v) is 7.41. The molecule has 0 radical (unpaired) electrons. The number of amides is 1. The minimum Gasteiger partial charge on any atom is -0.356 e. The van der Waals surface area contributed by atoms with Crippen LogP contribution in [0, 0.1) is 5.92 Å². The molecule has 1 amide bonds. The molecule has 24 heavy (non-hydrogen) atoms. The van der Waals surface area contributed by atoms with Crippen molar-refractivity contribution in [1.82, 2.24) is 15.5 Å². The predicted octanol–water partition coefficient (Wildman–Crippen LogP) is 2.48. The summed E-state index contributed by atoms with van der Waals surface area (Å²) in [6, 6.07) is 0.312. The number of hydrogen-bond acceptors (Lipinski definition) is 3. The highest BCUT2D eigenvalue weighted by molar-refractivity contribution is 14.0. The summed E-state index contributed by atoms with van der Waals surface area (Å²) in [4.78, 5) is 18.8. The molecule has 1 aliphatic heterocycles. The van der Waals surface area contributed by atoms with Gasteiger partial charge in [0, 0.05) is 50.1 Å². The van der Waals surface area contributed by atoms with Crippen LogP contribution in [0.5, 0.6) is 0 Å². The van der Waals surface area contributed by atoms with E-state index in [0.717, 1.165) is 56.4 Å². The lowest BCUT2D eigenvalue weighted by molar-refractivity contribution is -0.134. The molecule has 0 spiro atoms. The predicted molar refractivity (Wildman–Crippen MR) is 114 cm³/mol. The molecule has 2 fully saturated rings. The molecule has 138 valence electrons. The minimum atomic E-state index is 0. The summed E-state index contributed by atoms with van der Waals surface area (Å²) in [6.07, 6.45) is 7.52. The minimum absolute atomic E-state index is 0. The number of rotatable bonds is 7. The first-order chi connectivity index (χ1) is 11.2. The molecule has 0 bridgehead atoms. The number of carbonyl (C=O) groups excluding carboxylic acids is 1. The van der Waals surface area contributed by atoms with Crippen LogP contribution in [0.4, 0.5) is 0 Å². The molecule has 2 rings (SSSR count). The standard InChI is InChI=1S/C17H30N4OS.HI/c1-3-11-23-12-9-19-17(18-2)20-15-8-10-21(13-15)16(22)14-6-4-5-7-14;/h3,14-15H,1,4-13H2,2H3,(H2,18,19,20);1H. The second kappa shape index (κ2) is 12.0. The fourth-order valence-electron chi connectivity index (χ4n) is 3.31. The molecule has 5 nitrogen and oxygen atoms in total. The SMILES string of the molecule is C=CCSCCNC(=NC)NC1CCN(C(=O)C2CCCC2)C1.I. The van der Waals surface area contributed by atoms with Gasteiger partial charge in [-0.3, -0.25) is 9.79 Å². The number of thioether (sulfide) groups is 1. The Kier molecular flexibility index (Phi) is 10.8. The van der Waals surface area contributed by atoms with E-state index in [1.165, 1.54) is 12.8 Å². The van der Waals surface area contributed by atoms with Crippen molar-refractivity contribution in [3.8, 4) is 0 Å². The van der Waals surface area contributed by atoms with Gasteiger partial charge in [-0.2, -0.15) is 11.8 Å². The molecule has 1 heterocycles. The van der Waals surface area contributed by atoms with E-state index in [-0.39, 0.29) is 29.9 Å². The van der Waals surface area contributed by atoms with Gasteiger partial charge in [-0.15, -0.1) is 30.6 Å². The van der Waals surface area contributed by atoms with Crippen LogP contribution in [0.2, 0.25) is 0 Å². The first kappa shape index (κ1) is 21.6. The van der Waals surface area contributed by atoms with Gasteiger partial charge in [-0.05, 0) is 19.3 Å². The van der Waals surface area contributed by atoms with Crippen LogP contribution in [-0.4, -0.2) is 61.0 Å². The van der Waals surface area contributed by atoms with Crippen LogP contribution >= 0.6 is 35.7 Å². The van der Waals surface area contributed by atoms with E-state index in [0.29, 0.717) is 11.9 Å². The van der Waals surface area contributed by atoms with Gasteiger partial charge >= 0.3 is 0 Å². The van der Waals surface area contributed by atoms with E-state index >= 15 is 0 Å². The number of carbonyl (C=O) groups is 1. The monoisotopic (exact) mass is 466 g/mol. The summed E-state index contributed by atoms with van der Waals surface area (Å²) in [6.45, 7) is 6.28. The van der Waals surface area contributed by atoms with Crippen molar-refractivity contribution in [2.24, 2.45) is 10.9 Å². The molecule has 7 heteroatoms. The Balaban J connectivity index is 0.00000288. The van der Waals surface area contributed by atoms with E-state index in [1.54, 1.807) is 7.05 Å². The van der Waals surface area contributed by atoms with Crippen molar-refractivity contribution >= 4 is 47.6 Å². The van der Waals surface area contributed by atoms with Crippen LogP contribution in [0.1, 0.15) is 32.1 Å². The zero-order chi connectivity index (χ0) is 16.5. The maximum absolute atomic E-state index is 12.5. The molecule has 2 aliphatic rings. The van der Waals surface area contributed by atoms with Gasteiger partial charge in [0.25, 0.3) is 0 Å². The lowest BCUT2D eigenvalue weighted by Crippen LogP contribution is -2.46. The first-order valence-corrected chi connectivity index (χ1v) is 9.84. The van der Waals surface area contributed by atoms with E-state index in [9.17, 15) is 4.79 Å². The Morgan fingerprint density at radius 2 is 2.12 bits per heavy atom. The molecular weight excluding hydrogens is 435 g/mol. The number of nitrogens with zero attached hydrogens (tertiary/aromatic N) is 2. The van der Waals surface area contributed by atoms with Crippen LogP contribution in [0.15, 0.2) is 17.6 Å². The van der Waals surface area contributed by atoms with E-state index in [2.05, 4.69) is 22.2 Å². The molecule has 1 saturated carbocycles. The molecule has 2 N–H and O–H groups in total. The summed E-state index contributed by atoms with van der Waals surface area (Å²) in [7, 11) is 1.79. The van der Waals surface area contributed by atoms with Crippen LogP contribution in [0.3, 0.4) is 0 Å². The normalized spacial score (nSPS) is 21.5. The number of halogens is 1. The van der Waals surface area contributed by atoms with E-state index in [1.807, 2.05) is 22.7 Å². The highest BCUT2D eigenvalue weighted by atomic mass is 127. The number of hydrogen-bond donors (Lipinski definition) is 2. The quantitative estimate of drug-likeness (QED) is 0.199. The fourth-order valence-corrected chi connectivity index (χ4v) is 3.89. The topological polar surface area (TPSA) is 56.7 Å². The third kappa shape index (κ3) is 6.82. The van der Waals surface area contributed by atoms with Gasteiger partial charge in [-0.25, -0.2) is 0 Å². The lowest BCUT2D eigenvalue weighted by atomic mass is 10.1. The van der Waals surface area contributed by atoms with Crippen molar-refractivity contribution in [1.29, 1.82) is 0 Å². The number of aliphatic imine (C=N–C) groups is 1. The van der Waals surface area contributed by atoms with Crippen LogP contribution in [0.25, 0.3) is 0 Å². The van der Waals surface area contributed by atoms with Gasteiger partial charge in [0.15, 0.2) is 5.96 Å². The second-order valence-electron chi connectivity index (χ2n) is 6.26. The summed E-state index contributed by atoms with van der Waals surface area (Å²) >= 11 is 1.85. The highest BCUT2D eigenvalue weighted by Gasteiger charge is 2.32. The average molecular weight is 466 g/mol. The van der Waals surface area contributed by atoms with Gasteiger partial charge in [-0.1, -0.05) is 18.9 Å². The van der Waals surface area contributed by atoms with E-state index in [4.69, 9.17) is 0 Å².